The van der Waals surface area contributed by atoms with Crippen molar-refractivity contribution >= 4 is 15.8 Å². The molecule has 0 spiro atoms. The summed E-state index contributed by atoms with van der Waals surface area (Å²) in [6.45, 7) is 0.198. The van der Waals surface area contributed by atoms with Gasteiger partial charge in [0, 0.05) is 24.2 Å². The maximum Gasteiger partial charge on any atom is 0.264 e. The molecular formula is C13H12N4O2S. The molecule has 0 saturated carbocycles. The molecular weight excluding hydrogens is 276 g/mol. The first kappa shape index (κ1) is 14.0. The second kappa shape index (κ2) is 6.14. The molecule has 0 saturated heterocycles. The Kier molecular flexibility index (Phi) is 4.30. The Labute approximate surface area is 117 Å². The summed E-state index contributed by atoms with van der Waals surface area (Å²) >= 11 is 0. The summed E-state index contributed by atoms with van der Waals surface area (Å²) in [5.74, 6) is 5.62. The van der Waals surface area contributed by atoms with Crippen molar-refractivity contribution in [2.45, 2.75) is 4.90 Å². The van der Waals surface area contributed by atoms with Gasteiger partial charge in [-0.2, -0.15) is 0 Å². The predicted molar refractivity (Wildman–Crippen MR) is 75.2 cm³/mol. The first-order chi connectivity index (χ1) is 9.62. The second-order valence-electron chi connectivity index (χ2n) is 3.74. The zero-order chi connectivity index (χ0) is 14.4. The van der Waals surface area contributed by atoms with Crippen LogP contribution in [-0.2, 0) is 10.0 Å². The van der Waals surface area contributed by atoms with Gasteiger partial charge in [-0.25, -0.2) is 13.4 Å². The molecule has 0 amide bonds. The van der Waals surface area contributed by atoms with Gasteiger partial charge < -0.3 is 5.73 Å². The van der Waals surface area contributed by atoms with E-state index in [1.807, 2.05) is 0 Å². The van der Waals surface area contributed by atoms with Gasteiger partial charge in [0.1, 0.15) is 10.7 Å². The van der Waals surface area contributed by atoms with Crippen molar-refractivity contribution in [2.75, 3.05) is 11.3 Å². The van der Waals surface area contributed by atoms with Gasteiger partial charge in [-0.1, -0.05) is 17.9 Å². The number of rotatable bonds is 3. The van der Waals surface area contributed by atoms with Crippen LogP contribution >= 0.6 is 0 Å². The predicted octanol–water partition coefficient (Wildman–Crippen LogP) is 0.588. The first-order valence-corrected chi connectivity index (χ1v) is 7.18. The molecule has 0 bridgehead atoms. The summed E-state index contributed by atoms with van der Waals surface area (Å²) in [5.41, 5.74) is 5.76. The first-order valence-electron chi connectivity index (χ1n) is 5.69. The number of anilines is 1. The van der Waals surface area contributed by atoms with Gasteiger partial charge in [-0.15, -0.1) is 0 Å². The highest BCUT2D eigenvalue weighted by molar-refractivity contribution is 7.92. The van der Waals surface area contributed by atoms with E-state index in [4.69, 9.17) is 5.73 Å². The highest BCUT2D eigenvalue weighted by atomic mass is 32.2. The topological polar surface area (TPSA) is 98.0 Å². The van der Waals surface area contributed by atoms with Crippen LogP contribution in [0.15, 0.2) is 47.8 Å². The molecule has 7 heteroatoms. The van der Waals surface area contributed by atoms with E-state index in [0.717, 1.165) is 0 Å². The van der Waals surface area contributed by atoms with Gasteiger partial charge in [-0.3, -0.25) is 9.71 Å². The van der Waals surface area contributed by atoms with E-state index < -0.39 is 10.0 Å². The molecule has 20 heavy (non-hydrogen) atoms. The van der Waals surface area contributed by atoms with Crippen LogP contribution in [0.25, 0.3) is 0 Å². The standard InChI is InChI=1S/C13H12N4O2S/c14-6-3-4-11-8-12(10-15-9-11)20(18,19)17-13-5-1-2-7-16-13/h1-2,5,7-10H,6,14H2,(H,16,17). The van der Waals surface area contributed by atoms with E-state index in [2.05, 4.69) is 26.5 Å². The highest BCUT2D eigenvalue weighted by Crippen LogP contribution is 2.13. The summed E-state index contributed by atoms with van der Waals surface area (Å²) in [5, 5.41) is 0. The SMILES string of the molecule is NCC#Cc1cncc(S(=O)(=O)Nc2ccccn2)c1. The third kappa shape index (κ3) is 3.54. The number of hydrogen-bond donors (Lipinski definition) is 2. The number of aromatic nitrogens is 2. The molecule has 0 fully saturated rings. The van der Waals surface area contributed by atoms with Crippen LogP contribution in [0.2, 0.25) is 0 Å². The van der Waals surface area contributed by atoms with Crippen LogP contribution in [0.1, 0.15) is 5.56 Å². The van der Waals surface area contributed by atoms with Gasteiger partial charge >= 0.3 is 0 Å². The third-order valence-electron chi connectivity index (χ3n) is 2.26. The summed E-state index contributed by atoms with van der Waals surface area (Å²) in [6.07, 6.45) is 4.22. The molecule has 0 aliphatic rings. The molecule has 0 radical (unpaired) electrons. The Morgan fingerprint density at radius 2 is 2.15 bits per heavy atom. The average Bonchev–Trinajstić information content (AvgIpc) is 2.46. The molecule has 102 valence electrons. The summed E-state index contributed by atoms with van der Waals surface area (Å²) in [6, 6.07) is 6.37. The fraction of sp³-hybridized carbons (Fsp3) is 0.0769. The molecule has 0 unspecified atom stereocenters. The summed E-state index contributed by atoms with van der Waals surface area (Å²) in [4.78, 5) is 7.79. The quantitative estimate of drug-likeness (QED) is 0.805. The molecule has 6 nitrogen and oxygen atoms in total. The molecule has 2 aromatic rings. The molecule has 0 aliphatic heterocycles. The van der Waals surface area contributed by atoms with Crippen molar-refractivity contribution in [3.63, 3.8) is 0 Å². The monoisotopic (exact) mass is 288 g/mol. The number of hydrogen-bond acceptors (Lipinski definition) is 5. The van der Waals surface area contributed by atoms with Crippen LogP contribution in [-0.4, -0.2) is 24.9 Å². The molecule has 2 heterocycles. The minimum atomic E-state index is -3.73. The van der Waals surface area contributed by atoms with Crippen molar-refractivity contribution in [3.8, 4) is 11.8 Å². The molecule has 0 atom stereocenters. The van der Waals surface area contributed by atoms with Crippen LogP contribution in [0.5, 0.6) is 0 Å². The Morgan fingerprint density at radius 1 is 1.30 bits per heavy atom. The number of nitrogens with zero attached hydrogens (tertiary/aromatic N) is 2. The zero-order valence-electron chi connectivity index (χ0n) is 10.4. The van der Waals surface area contributed by atoms with E-state index in [0.29, 0.717) is 5.56 Å². The Bertz CT molecular complexity index is 749. The Morgan fingerprint density at radius 3 is 2.85 bits per heavy atom. The van der Waals surface area contributed by atoms with Gasteiger partial charge in [0.25, 0.3) is 10.0 Å². The summed E-state index contributed by atoms with van der Waals surface area (Å²) in [7, 11) is -3.73. The van der Waals surface area contributed by atoms with Crippen LogP contribution in [0, 0.1) is 11.8 Å². The van der Waals surface area contributed by atoms with Crippen molar-refractivity contribution < 1.29 is 8.42 Å². The third-order valence-corrected chi connectivity index (χ3v) is 3.58. The lowest BCUT2D eigenvalue weighted by atomic mass is 10.3. The van der Waals surface area contributed by atoms with E-state index in [1.165, 1.54) is 24.7 Å². The number of nitrogens with one attached hydrogen (secondary N) is 1. The van der Waals surface area contributed by atoms with Crippen molar-refractivity contribution in [1.82, 2.24) is 9.97 Å². The lowest BCUT2D eigenvalue weighted by molar-refractivity contribution is 0.600. The zero-order valence-corrected chi connectivity index (χ0v) is 11.3. The molecule has 0 aromatic carbocycles. The van der Waals surface area contributed by atoms with Crippen molar-refractivity contribution in [1.29, 1.82) is 0 Å². The van der Waals surface area contributed by atoms with Gasteiger partial charge in [0.2, 0.25) is 0 Å². The Hall–Kier alpha value is -2.43. The van der Waals surface area contributed by atoms with Crippen LogP contribution in [0.3, 0.4) is 0 Å². The normalized spacial score (nSPS) is 10.4. The van der Waals surface area contributed by atoms with E-state index in [9.17, 15) is 8.42 Å². The van der Waals surface area contributed by atoms with Crippen molar-refractivity contribution in [3.05, 3.63) is 48.4 Å². The maximum absolute atomic E-state index is 12.2. The fourth-order valence-corrected chi connectivity index (χ4v) is 2.40. The maximum atomic E-state index is 12.2. The fourth-order valence-electron chi connectivity index (χ4n) is 1.41. The molecule has 3 N–H and O–H groups in total. The van der Waals surface area contributed by atoms with Gasteiger partial charge in [0.05, 0.1) is 6.54 Å². The smallest absolute Gasteiger partial charge is 0.264 e. The van der Waals surface area contributed by atoms with Gasteiger partial charge in [0.15, 0.2) is 0 Å². The lowest BCUT2D eigenvalue weighted by Gasteiger charge is -2.06. The van der Waals surface area contributed by atoms with E-state index >= 15 is 0 Å². The van der Waals surface area contributed by atoms with Crippen LogP contribution < -0.4 is 10.5 Å². The molecule has 0 aliphatic carbocycles. The Balaban J connectivity index is 2.30. The number of sulfonamides is 1. The lowest BCUT2D eigenvalue weighted by Crippen LogP contribution is -2.14. The average molecular weight is 288 g/mol. The number of nitrogens with two attached hydrogens (primary N) is 1. The second-order valence-corrected chi connectivity index (χ2v) is 5.42. The van der Waals surface area contributed by atoms with Crippen LogP contribution in [0.4, 0.5) is 5.82 Å². The molecule has 2 aromatic heterocycles. The van der Waals surface area contributed by atoms with Crippen molar-refractivity contribution in [2.24, 2.45) is 5.73 Å². The molecule has 2 rings (SSSR count). The van der Waals surface area contributed by atoms with E-state index in [-0.39, 0.29) is 17.3 Å². The van der Waals surface area contributed by atoms with Gasteiger partial charge in [-0.05, 0) is 18.2 Å². The minimum Gasteiger partial charge on any atom is -0.320 e. The number of pyridine rings is 2. The largest absolute Gasteiger partial charge is 0.320 e. The minimum absolute atomic E-state index is 0.0203. The summed E-state index contributed by atoms with van der Waals surface area (Å²) < 4.78 is 26.7. The van der Waals surface area contributed by atoms with E-state index in [1.54, 1.807) is 18.2 Å². The highest BCUT2D eigenvalue weighted by Gasteiger charge is 2.15.